The fourth-order valence-electron chi connectivity index (χ4n) is 2.88. The molecule has 0 unspecified atom stereocenters. The Bertz CT molecular complexity index is 231. The Labute approximate surface area is 97.2 Å². The SMILES string of the molecule is O=C(O)CCN1CCN(C2CCCC2)CC1. The van der Waals surface area contributed by atoms with Gasteiger partial charge in [-0.2, -0.15) is 0 Å². The first-order chi connectivity index (χ1) is 7.75. The fourth-order valence-corrected chi connectivity index (χ4v) is 2.88. The molecule has 92 valence electrons. The van der Waals surface area contributed by atoms with Crippen molar-refractivity contribution in [2.24, 2.45) is 0 Å². The summed E-state index contributed by atoms with van der Waals surface area (Å²) in [4.78, 5) is 15.4. The van der Waals surface area contributed by atoms with Crippen LogP contribution in [0.1, 0.15) is 32.1 Å². The minimum Gasteiger partial charge on any atom is -0.481 e. The van der Waals surface area contributed by atoms with Crippen LogP contribution >= 0.6 is 0 Å². The van der Waals surface area contributed by atoms with Crippen molar-refractivity contribution in [3.8, 4) is 0 Å². The minimum absolute atomic E-state index is 0.281. The standard InChI is InChI=1S/C12H22N2O2/c15-12(16)5-6-13-7-9-14(10-8-13)11-3-1-2-4-11/h11H,1-10H2,(H,15,16). The first-order valence-electron chi connectivity index (χ1n) is 6.44. The highest BCUT2D eigenvalue weighted by atomic mass is 16.4. The van der Waals surface area contributed by atoms with Crippen molar-refractivity contribution in [3.63, 3.8) is 0 Å². The van der Waals surface area contributed by atoms with E-state index >= 15 is 0 Å². The summed E-state index contributed by atoms with van der Waals surface area (Å²) in [5.74, 6) is -0.682. The molecule has 1 saturated heterocycles. The number of carboxylic acids is 1. The van der Waals surface area contributed by atoms with Crippen LogP contribution in [-0.2, 0) is 4.79 Å². The van der Waals surface area contributed by atoms with Crippen LogP contribution in [0.4, 0.5) is 0 Å². The Morgan fingerprint density at radius 3 is 2.31 bits per heavy atom. The molecule has 1 heterocycles. The number of hydrogen-bond acceptors (Lipinski definition) is 3. The molecular weight excluding hydrogens is 204 g/mol. The molecule has 0 radical (unpaired) electrons. The molecule has 0 spiro atoms. The second-order valence-electron chi connectivity index (χ2n) is 4.96. The molecule has 0 amide bonds. The molecule has 1 aliphatic carbocycles. The molecule has 16 heavy (non-hydrogen) atoms. The molecule has 0 atom stereocenters. The normalized spacial score (nSPS) is 25.0. The number of hydrogen-bond donors (Lipinski definition) is 1. The number of carbonyl (C=O) groups is 1. The van der Waals surface area contributed by atoms with Gasteiger partial charge in [-0.05, 0) is 12.8 Å². The van der Waals surface area contributed by atoms with E-state index in [0.717, 1.165) is 32.2 Å². The Balaban J connectivity index is 1.67. The largest absolute Gasteiger partial charge is 0.481 e. The topological polar surface area (TPSA) is 43.8 Å². The average molecular weight is 226 g/mol. The van der Waals surface area contributed by atoms with E-state index in [-0.39, 0.29) is 6.42 Å². The van der Waals surface area contributed by atoms with E-state index in [1.807, 2.05) is 0 Å². The highest BCUT2D eigenvalue weighted by molar-refractivity contribution is 5.66. The second-order valence-corrected chi connectivity index (χ2v) is 4.96. The van der Waals surface area contributed by atoms with Crippen LogP contribution in [-0.4, -0.2) is 59.6 Å². The maximum Gasteiger partial charge on any atom is 0.304 e. The lowest BCUT2D eigenvalue weighted by Gasteiger charge is -2.37. The third-order valence-electron chi connectivity index (χ3n) is 3.89. The molecule has 1 saturated carbocycles. The van der Waals surface area contributed by atoms with Gasteiger partial charge in [0.25, 0.3) is 0 Å². The zero-order valence-corrected chi connectivity index (χ0v) is 9.90. The van der Waals surface area contributed by atoms with Crippen LogP contribution in [0.5, 0.6) is 0 Å². The molecule has 0 aromatic rings. The van der Waals surface area contributed by atoms with Crippen LogP contribution in [0.2, 0.25) is 0 Å². The molecular formula is C12H22N2O2. The third-order valence-corrected chi connectivity index (χ3v) is 3.89. The second kappa shape index (κ2) is 5.64. The van der Waals surface area contributed by atoms with Crippen LogP contribution in [0.15, 0.2) is 0 Å². The van der Waals surface area contributed by atoms with Crippen molar-refractivity contribution in [3.05, 3.63) is 0 Å². The number of carboxylic acid groups (broad SMARTS) is 1. The van der Waals surface area contributed by atoms with Crippen LogP contribution in [0.25, 0.3) is 0 Å². The Morgan fingerprint density at radius 2 is 1.75 bits per heavy atom. The van der Waals surface area contributed by atoms with E-state index < -0.39 is 5.97 Å². The minimum atomic E-state index is -0.682. The Morgan fingerprint density at radius 1 is 1.12 bits per heavy atom. The van der Waals surface area contributed by atoms with E-state index in [4.69, 9.17) is 5.11 Å². The highest BCUT2D eigenvalue weighted by Crippen LogP contribution is 2.24. The van der Waals surface area contributed by atoms with Gasteiger partial charge in [-0.1, -0.05) is 12.8 Å². The lowest BCUT2D eigenvalue weighted by atomic mass is 10.2. The predicted molar refractivity (Wildman–Crippen MR) is 62.5 cm³/mol. The third kappa shape index (κ3) is 3.19. The molecule has 0 bridgehead atoms. The predicted octanol–water partition coefficient (Wildman–Crippen LogP) is 1.02. The summed E-state index contributed by atoms with van der Waals surface area (Å²) in [6, 6.07) is 0.821. The number of rotatable bonds is 4. The molecule has 2 fully saturated rings. The average Bonchev–Trinajstić information content (AvgIpc) is 2.80. The molecule has 4 nitrogen and oxygen atoms in total. The van der Waals surface area contributed by atoms with Gasteiger partial charge in [-0.25, -0.2) is 0 Å². The summed E-state index contributed by atoms with van der Waals surface area (Å²) in [7, 11) is 0. The monoisotopic (exact) mass is 226 g/mol. The van der Waals surface area contributed by atoms with Crippen molar-refractivity contribution in [1.29, 1.82) is 0 Å². The van der Waals surface area contributed by atoms with Crippen molar-refractivity contribution < 1.29 is 9.90 Å². The van der Waals surface area contributed by atoms with Crippen molar-refractivity contribution in [2.75, 3.05) is 32.7 Å². The van der Waals surface area contributed by atoms with E-state index in [0.29, 0.717) is 6.54 Å². The lowest BCUT2D eigenvalue weighted by Crippen LogP contribution is -2.49. The summed E-state index contributed by atoms with van der Waals surface area (Å²) < 4.78 is 0. The van der Waals surface area contributed by atoms with Crippen LogP contribution in [0.3, 0.4) is 0 Å². The Hall–Kier alpha value is -0.610. The maximum absolute atomic E-state index is 10.5. The molecule has 4 heteroatoms. The molecule has 1 aliphatic heterocycles. The fraction of sp³-hybridized carbons (Fsp3) is 0.917. The number of piperazine rings is 1. The lowest BCUT2D eigenvalue weighted by molar-refractivity contribution is -0.137. The summed E-state index contributed by atoms with van der Waals surface area (Å²) in [6.07, 6.45) is 5.81. The number of aliphatic carboxylic acids is 1. The zero-order valence-electron chi connectivity index (χ0n) is 9.90. The molecule has 0 aromatic carbocycles. The smallest absolute Gasteiger partial charge is 0.304 e. The van der Waals surface area contributed by atoms with Gasteiger partial charge in [-0.15, -0.1) is 0 Å². The first kappa shape index (κ1) is 11.9. The van der Waals surface area contributed by atoms with Gasteiger partial charge < -0.3 is 10.0 Å². The van der Waals surface area contributed by atoms with Gasteiger partial charge in [0, 0.05) is 38.8 Å². The van der Waals surface area contributed by atoms with Gasteiger partial charge in [0.15, 0.2) is 0 Å². The zero-order chi connectivity index (χ0) is 11.4. The van der Waals surface area contributed by atoms with Gasteiger partial charge in [-0.3, -0.25) is 9.69 Å². The maximum atomic E-state index is 10.5. The molecule has 2 rings (SSSR count). The van der Waals surface area contributed by atoms with Crippen molar-refractivity contribution in [2.45, 2.75) is 38.1 Å². The molecule has 2 aliphatic rings. The van der Waals surface area contributed by atoms with Crippen molar-refractivity contribution >= 4 is 5.97 Å². The first-order valence-corrected chi connectivity index (χ1v) is 6.44. The van der Waals surface area contributed by atoms with E-state index in [2.05, 4.69) is 9.80 Å². The molecule has 0 aromatic heterocycles. The summed E-state index contributed by atoms with van der Waals surface area (Å²) >= 11 is 0. The summed E-state index contributed by atoms with van der Waals surface area (Å²) in [5.41, 5.74) is 0. The van der Waals surface area contributed by atoms with E-state index in [1.165, 1.54) is 25.7 Å². The highest BCUT2D eigenvalue weighted by Gasteiger charge is 2.25. The van der Waals surface area contributed by atoms with Crippen LogP contribution < -0.4 is 0 Å². The van der Waals surface area contributed by atoms with Gasteiger partial charge in [0.2, 0.25) is 0 Å². The number of nitrogens with zero attached hydrogens (tertiary/aromatic N) is 2. The van der Waals surface area contributed by atoms with E-state index in [1.54, 1.807) is 0 Å². The van der Waals surface area contributed by atoms with E-state index in [9.17, 15) is 4.79 Å². The summed E-state index contributed by atoms with van der Waals surface area (Å²) in [5, 5.41) is 8.63. The van der Waals surface area contributed by atoms with Gasteiger partial charge in [0.05, 0.1) is 6.42 Å². The molecule has 1 N–H and O–H groups in total. The quantitative estimate of drug-likeness (QED) is 0.777. The Kier molecular flexibility index (Phi) is 4.18. The summed E-state index contributed by atoms with van der Waals surface area (Å²) in [6.45, 7) is 5.07. The van der Waals surface area contributed by atoms with Crippen LogP contribution in [0, 0.1) is 0 Å². The van der Waals surface area contributed by atoms with Gasteiger partial charge >= 0.3 is 5.97 Å². The van der Waals surface area contributed by atoms with Gasteiger partial charge in [0.1, 0.15) is 0 Å². The van der Waals surface area contributed by atoms with Crippen molar-refractivity contribution in [1.82, 2.24) is 9.80 Å².